The van der Waals surface area contributed by atoms with E-state index in [1.165, 1.54) is 33.5 Å². The molecule has 1 aliphatic rings. The zero-order valence-corrected chi connectivity index (χ0v) is 16.8. The third-order valence-corrected chi connectivity index (χ3v) is 4.56. The van der Waals surface area contributed by atoms with Gasteiger partial charge in [0.25, 0.3) is 5.91 Å². The van der Waals surface area contributed by atoms with Crippen LogP contribution in [0.2, 0.25) is 5.02 Å². The van der Waals surface area contributed by atoms with E-state index in [0.717, 1.165) is 0 Å². The summed E-state index contributed by atoms with van der Waals surface area (Å²) < 4.78 is 26.8. The minimum Gasteiger partial charge on any atom is -0.493 e. The molecule has 2 aromatic rings. The number of methoxy groups -OCH3 is 3. The topological polar surface area (TPSA) is 99.0 Å². The van der Waals surface area contributed by atoms with Gasteiger partial charge < -0.3 is 29.0 Å². The van der Waals surface area contributed by atoms with Gasteiger partial charge in [-0.1, -0.05) is 11.6 Å². The Morgan fingerprint density at radius 2 is 1.76 bits per heavy atom. The van der Waals surface area contributed by atoms with Crippen molar-refractivity contribution in [1.82, 2.24) is 5.32 Å². The summed E-state index contributed by atoms with van der Waals surface area (Å²) in [5, 5.41) is 12.6. The van der Waals surface area contributed by atoms with Crippen LogP contribution in [0.25, 0.3) is 0 Å². The lowest BCUT2D eigenvalue weighted by molar-refractivity contribution is 0.0943. The first-order valence-corrected chi connectivity index (χ1v) is 8.99. The summed E-state index contributed by atoms with van der Waals surface area (Å²) in [4.78, 5) is 12.8. The van der Waals surface area contributed by atoms with E-state index in [-0.39, 0.29) is 10.6 Å². The minimum absolute atomic E-state index is 0.243. The SMILES string of the molecule is COc1cc(C(C#N)NC(=O)c2cc(Cl)c3c(c2)OCCO3)cc(OC)c1OC. The van der Waals surface area contributed by atoms with Gasteiger partial charge in [-0.25, -0.2) is 0 Å². The van der Waals surface area contributed by atoms with Crippen LogP contribution in [0.3, 0.4) is 0 Å². The summed E-state index contributed by atoms with van der Waals surface area (Å²) in [7, 11) is 4.42. The Bertz CT molecular complexity index is 947. The molecule has 1 atom stereocenters. The lowest BCUT2D eigenvalue weighted by atomic mass is 10.1. The smallest absolute Gasteiger partial charge is 0.252 e. The average molecular weight is 419 g/mol. The molecule has 0 bridgehead atoms. The molecule has 1 heterocycles. The predicted octanol–water partition coefficient (Wildman–Crippen LogP) is 3.13. The third kappa shape index (κ3) is 4.10. The lowest BCUT2D eigenvalue weighted by Gasteiger charge is -2.21. The van der Waals surface area contributed by atoms with Crippen molar-refractivity contribution in [3.8, 4) is 34.8 Å². The Labute approximate surface area is 172 Å². The molecule has 29 heavy (non-hydrogen) atoms. The first kappa shape index (κ1) is 20.4. The van der Waals surface area contributed by atoms with Crippen LogP contribution in [0.5, 0.6) is 28.7 Å². The molecular weight excluding hydrogens is 400 g/mol. The number of ether oxygens (including phenoxy) is 5. The molecule has 0 radical (unpaired) electrons. The van der Waals surface area contributed by atoms with Crippen LogP contribution in [0.4, 0.5) is 0 Å². The number of fused-ring (bicyclic) bond motifs is 1. The fourth-order valence-electron chi connectivity index (χ4n) is 2.91. The highest BCUT2D eigenvalue weighted by Gasteiger charge is 2.23. The third-order valence-electron chi connectivity index (χ3n) is 4.28. The summed E-state index contributed by atoms with van der Waals surface area (Å²) in [5.74, 6) is 1.42. The number of rotatable bonds is 6. The molecule has 0 saturated carbocycles. The normalized spacial score (nSPS) is 13.1. The Hall–Kier alpha value is -3.31. The number of nitrogens with zero attached hydrogens (tertiary/aromatic N) is 1. The average Bonchev–Trinajstić information content (AvgIpc) is 2.76. The number of halogens is 1. The first-order chi connectivity index (χ1) is 14.0. The maximum atomic E-state index is 12.8. The summed E-state index contributed by atoms with van der Waals surface area (Å²) in [5.41, 5.74) is 0.714. The van der Waals surface area contributed by atoms with Crippen molar-refractivity contribution in [1.29, 1.82) is 5.26 Å². The van der Waals surface area contributed by atoms with Crippen molar-refractivity contribution >= 4 is 17.5 Å². The van der Waals surface area contributed by atoms with Crippen LogP contribution in [0, 0.1) is 11.3 Å². The van der Waals surface area contributed by atoms with E-state index < -0.39 is 11.9 Å². The number of nitrogens with one attached hydrogen (secondary N) is 1. The Morgan fingerprint density at radius 3 is 2.34 bits per heavy atom. The van der Waals surface area contributed by atoms with E-state index in [1.54, 1.807) is 12.1 Å². The molecule has 0 aromatic heterocycles. The maximum Gasteiger partial charge on any atom is 0.252 e. The van der Waals surface area contributed by atoms with Crippen molar-refractivity contribution < 1.29 is 28.5 Å². The molecule has 0 saturated heterocycles. The fraction of sp³-hybridized carbons (Fsp3) is 0.300. The van der Waals surface area contributed by atoms with E-state index >= 15 is 0 Å². The highest BCUT2D eigenvalue weighted by Crippen LogP contribution is 2.40. The molecule has 2 aromatic carbocycles. The van der Waals surface area contributed by atoms with Gasteiger partial charge in [-0.2, -0.15) is 5.26 Å². The van der Waals surface area contributed by atoms with Gasteiger partial charge in [0, 0.05) is 5.56 Å². The van der Waals surface area contributed by atoms with Crippen molar-refractivity contribution in [3.05, 3.63) is 40.4 Å². The summed E-state index contributed by atoms with van der Waals surface area (Å²) in [6.45, 7) is 0.747. The van der Waals surface area contributed by atoms with Gasteiger partial charge in [0.2, 0.25) is 5.75 Å². The van der Waals surface area contributed by atoms with Crippen LogP contribution in [0.15, 0.2) is 24.3 Å². The van der Waals surface area contributed by atoms with Crippen LogP contribution < -0.4 is 29.0 Å². The van der Waals surface area contributed by atoms with E-state index in [4.69, 9.17) is 35.3 Å². The van der Waals surface area contributed by atoms with Crippen molar-refractivity contribution in [2.75, 3.05) is 34.5 Å². The molecule has 3 rings (SSSR count). The number of benzene rings is 2. The monoisotopic (exact) mass is 418 g/mol. The zero-order valence-electron chi connectivity index (χ0n) is 16.1. The number of hydrogen-bond acceptors (Lipinski definition) is 7. The standard InChI is InChI=1S/C20H19ClN2O6/c1-25-15-7-11(8-16(26-2)19(15)27-3)14(10-22)23-20(24)12-6-13(21)18-17(9-12)28-4-5-29-18/h6-9,14H,4-5H2,1-3H3,(H,23,24). The number of carbonyl (C=O) groups excluding carboxylic acids is 1. The van der Waals surface area contributed by atoms with Gasteiger partial charge in [-0.3, -0.25) is 4.79 Å². The van der Waals surface area contributed by atoms with Crippen molar-refractivity contribution in [2.45, 2.75) is 6.04 Å². The molecule has 1 unspecified atom stereocenters. The molecule has 152 valence electrons. The maximum absolute atomic E-state index is 12.8. The molecule has 1 amide bonds. The Kier molecular flexibility index (Phi) is 6.20. The fourth-order valence-corrected chi connectivity index (χ4v) is 3.18. The lowest BCUT2D eigenvalue weighted by Crippen LogP contribution is -2.28. The Morgan fingerprint density at radius 1 is 1.10 bits per heavy atom. The van der Waals surface area contributed by atoms with Gasteiger partial charge in [-0.05, 0) is 29.8 Å². The van der Waals surface area contributed by atoms with Crippen molar-refractivity contribution in [2.24, 2.45) is 0 Å². The molecule has 0 aliphatic carbocycles. The van der Waals surface area contributed by atoms with Gasteiger partial charge in [0.15, 0.2) is 23.0 Å². The Balaban J connectivity index is 1.90. The molecule has 1 aliphatic heterocycles. The highest BCUT2D eigenvalue weighted by molar-refractivity contribution is 6.32. The van der Waals surface area contributed by atoms with Crippen LogP contribution in [-0.2, 0) is 0 Å². The van der Waals surface area contributed by atoms with E-state index in [9.17, 15) is 10.1 Å². The zero-order chi connectivity index (χ0) is 21.0. The molecular formula is C20H19ClN2O6. The molecule has 0 spiro atoms. The first-order valence-electron chi connectivity index (χ1n) is 8.61. The summed E-state index contributed by atoms with van der Waals surface area (Å²) >= 11 is 6.19. The van der Waals surface area contributed by atoms with Gasteiger partial charge in [-0.15, -0.1) is 0 Å². The van der Waals surface area contributed by atoms with Crippen LogP contribution >= 0.6 is 11.6 Å². The van der Waals surface area contributed by atoms with Crippen LogP contribution in [-0.4, -0.2) is 40.5 Å². The number of nitriles is 1. The summed E-state index contributed by atoms with van der Waals surface area (Å²) in [6.07, 6.45) is 0. The van der Waals surface area contributed by atoms with Crippen LogP contribution in [0.1, 0.15) is 22.0 Å². The molecule has 8 nitrogen and oxygen atoms in total. The van der Waals surface area contributed by atoms with E-state index in [2.05, 4.69) is 11.4 Å². The summed E-state index contributed by atoms with van der Waals surface area (Å²) in [6, 6.07) is 7.29. The number of amides is 1. The molecule has 9 heteroatoms. The van der Waals surface area contributed by atoms with Crippen molar-refractivity contribution in [3.63, 3.8) is 0 Å². The minimum atomic E-state index is -0.969. The molecule has 0 fully saturated rings. The number of hydrogen-bond donors (Lipinski definition) is 1. The second kappa shape index (κ2) is 8.80. The predicted molar refractivity (Wildman–Crippen MR) is 104 cm³/mol. The van der Waals surface area contributed by atoms with E-state index in [0.29, 0.717) is 47.5 Å². The number of carbonyl (C=O) groups is 1. The van der Waals surface area contributed by atoms with Gasteiger partial charge in [0.1, 0.15) is 19.3 Å². The van der Waals surface area contributed by atoms with Gasteiger partial charge in [0.05, 0.1) is 32.4 Å². The second-order valence-corrected chi connectivity index (χ2v) is 6.38. The van der Waals surface area contributed by atoms with E-state index in [1.807, 2.05) is 0 Å². The van der Waals surface area contributed by atoms with Gasteiger partial charge >= 0.3 is 0 Å². The quantitative estimate of drug-likeness (QED) is 0.769. The molecule has 1 N–H and O–H groups in total. The highest BCUT2D eigenvalue weighted by atomic mass is 35.5. The largest absolute Gasteiger partial charge is 0.493 e. The second-order valence-electron chi connectivity index (χ2n) is 5.98.